The molecule has 1 unspecified atom stereocenters. The van der Waals surface area contributed by atoms with Crippen molar-refractivity contribution in [2.75, 3.05) is 20.2 Å². The number of hydrogen-bond acceptors (Lipinski definition) is 4. The van der Waals surface area contributed by atoms with E-state index in [1.165, 1.54) is 10.4 Å². The minimum Gasteiger partial charge on any atom is -0.392 e. The van der Waals surface area contributed by atoms with E-state index in [0.717, 1.165) is 12.8 Å². The summed E-state index contributed by atoms with van der Waals surface area (Å²) in [6, 6.07) is 4.74. The van der Waals surface area contributed by atoms with Crippen LogP contribution in [0.5, 0.6) is 0 Å². The molecule has 1 saturated heterocycles. The van der Waals surface area contributed by atoms with Crippen LogP contribution in [0, 0.1) is 0 Å². The van der Waals surface area contributed by atoms with Crippen molar-refractivity contribution in [1.29, 1.82) is 0 Å². The van der Waals surface area contributed by atoms with Gasteiger partial charge in [-0.05, 0) is 46.5 Å². The van der Waals surface area contributed by atoms with Gasteiger partial charge in [-0.3, -0.25) is 0 Å². The summed E-state index contributed by atoms with van der Waals surface area (Å²) in [6.07, 6.45) is 1.85. The van der Waals surface area contributed by atoms with E-state index >= 15 is 0 Å². The Hall–Kier alpha value is -0.470. The number of halogens is 1. The molecule has 1 aromatic rings. The maximum atomic E-state index is 12.5. The van der Waals surface area contributed by atoms with E-state index in [-0.39, 0.29) is 17.6 Å². The van der Waals surface area contributed by atoms with Gasteiger partial charge in [0.05, 0.1) is 17.6 Å². The van der Waals surface area contributed by atoms with Gasteiger partial charge >= 0.3 is 0 Å². The lowest BCUT2D eigenvalue weighted by molar-refractivity contribution is 0.0979. The quantitative estimate of drug-likeness (QED) is 0.865. The normalized spacial score (nSPS) is 19.7. The molecule has 1 atom stereocenters. The number of sulfonamides is 1. The number of ether oxygens (including phenoxy) is 1. The topological polar surface area (TPSA) is 66.8 Å². The number of aliphatic hydroxyl groups is 1. The zero-order valence-corrected chi connectivity index (χ0v) is 13.7. The Balaban J connectivity index is 2.20. The van der Waals surface area contributed by atoms with E-state index in [4.69, 9.17) is 9.84 Å². The molecule has 1 N–H and O–H groups in total. The molecule has 0 bridgehead atoms. The van der Waals surface area contributed by atoms with E-state index in [9.17, 15) is 8.42 Å². The summed E-state index contributed by atoms with van der Waals surface area (Å²) in [5.74, 6) is 0. The highest BCUT2D eigenvalue weighted by molar-refractivity contribution is 9.10. The van der Waals surface area contributed by atoms with Crippen LogP contribution in [0.3, 0.4) is 0 Å². The molecule has 0 spiro atoms. The summed E-state index contributed by atoms with van der Waals surface area (Å²) in [6.45, 7) is 0.939. The lowest BCUT2D eigenvalue weighted by Gasteiger charge is -2.21. The number of hydrogen-bond donors (Lipinski definition) is 1. The average Bonchev–Trinajstić information content (AvgIpc) is 2.91. The molecule has 1 aliphatic rings. The van der Waals surface area contributed by atoms with Gasteiger partial charge in [0.2, 0.25) is 10.0 Å². The van der Waals surface area contributed by atoms with Gasteiger partial charge in [-0.1, -0.05) is 6.07 Å². The molecule has 2 rings (SSSR count). The van der Waals surface area contributed by atoms with Gasteiger partial charge in [-0.25, -0.2) is 8.42 Å². The second kappa shape index (κ2) is 6.53. The van der Waals surface area contributed by atoms with Gasteiger partial charge in [0.15, 0.2) is 0 Å². The van der Waals surface area contributed by atoms with Crippen molar-refractivity contribution in [2.24, 2.45) is 0 Å². The third-order valence-corrected chi connectivity index (χ3v) is 6.15. The fourth-order valence-corrected chi connectivity index (χ4v) is 4.48. The van der Waals surface area contributed by atoms with Crippen LogP contribution in [-0.4, -0.2) is 44.1 Å². The molecule has 0 aromatic heterocycles. The van der Waals surface area contributed by atoms with Crippen LogP contribution < -0.4 is 0 Å². The first-order valence-electron chi connectivity index (χ1n) is 6.42. The van der Waals surface area contributed by atoms with Crippen LogP contribution in [0.1, 0.15) is 18.4 Å². The van der Waals surface area contributed by atoms with Crippen LogP contribution in [0.4, 0.5) is 0 Å². The molecule has 112 valence electrons. The van der Waals surface area contributed by atoms with E-state index < -0.39 is 10.0 Å². The lowest BCUT2D eigenvalue weighted by atomic mass is 10.2. The van der Waals surface area contributed by atoms with Gasteiger partial charge < -0.3 is 9.84 Å². The van der Waals surface area contributed by atoms with Crippen molar-refractivity contribution in [2.45, 2.75) is 30.4 Å². The predicted octanol–water partition coefficient (Wildman–Crippen LogP) is 1.74. The van der Waals surface area contributed by atoms with Crippen molar-refractivity contribution in [3.63, 3.8) is 0 Å². The van der Waals surface area contributed by atoms with Crippen LogP contribution >= 0.6 is 15.9 Å². The lowest BCUT2D eigenvalue weighted by Crippen LogP contribution is -2.34. The highest BCUT2D eigenvalue weighted by Crippen LogP contribution is 2.26. The Kier molecular flexibility index (Phi) is 5.19. The maximum Gasteiger partial charge on any atom is 0.244 e. The predicted molar refractivity (Wildman–Crippen MR) is 78.9 cm³/mol. The molecule has 7 heteroatoms. The third-order valence-electron chi connectivity index (χ3n) is 3.35. The van der Waals surface area contributed by atoms with Gasteiger partial charge in [-0.15, -0.1) is 0 Å². The Morgan fingerprint density at radius 3 is 2.80 bits per heavy atom. The average molecular weight is 364 g/mol. The van der Waals surface area contributed by atoms with Crippen LogP contribution in [-0.2, 0) is 21.4 Å². The standard InChI is InChI=1S/C13H18BrNO4S/c1-15(8-11-3-2-6-19-11)20(17,18)13-5-4-10(9-16)7-12(13)14/h4-5,7,11,16H,2-3,6,8-9H2,1H3. The summed E-state index contributed by atoms with van der Waals surface area (Å²) in [5.41, 5.74) is 0.664. The summed E-state index contributed by atoms with van der Waals surface area (Å²) in [4.78, 5) is 0.204. The second-order valence-corrected chi connectivity index (χ2v) is 7.71. The minimum absolute atomic E-state index is 0.0229. The third kappa shape index (κ3) is 3.40. The molecule has 0 saturated carbocycles. The molecule has 1 heterocycles. The SMILES string of the molecule is CN(CC1CCCO1)S(=O)(=O)c1ccc(CO)cc1Br. The molecule has 1 aromatic carbocycles. The van der Waals surface area contributed by atoms with Crippen molar-refractivity contribution in [3.8, 4) is 0 Å². The molecular formula is C13H18BrNO4S. The van der Waals surface area contributed by atoms with Crippen molar-refractivity contribution in [1.82, 2.24) is 4.31 Å². The minimum atomic E-state index is -3.56. The van der Waals surface area contributed by atoms with Crippen LogP contribution in [0.15, 0.2) is 27.6 Å². The zero-order valence-electron chi connectivity index (χ0n) is 11.3. The Morgan fingerprint density at radius 1 is 1.50 bits per heavy atom. The monoisotopic (exact) mass is 363 g/mol. The fourth-order valence-electron chi connectivity index (χ4n) is 2.19. The van der Waals surface area contributed by atoms with Crippen molar-refractivity contribution >= 4 is 26.0 Å². The largest absolute Gasteiger partial charge is 0.392 e. The molecule has 0 amide bonds. The van der Waals surface area contributed by atoms with E-state index in [0.29, 0.717) is 23.2 Å². The van der Waals surface area contributed by atoms with Gasteiger partial charge in [0.1, 0.15) is 0 Å². The number of rotatable bonds is 5. The summed E-state index contributed by atoms with van der Waals surface area (Å²) >= 11 is 3.26. The van der Waals surface area contributed by atoms with E-state index in [2.05, 4.69) is 15.9 Å². The van der Waals surface area contributed by atoms with Crippen LogP contribution in [0.25, 0.3) is 0 Å². The first-order valence-corrected chi connectivity index (χ1v) is 8.65. The molecule has 20 heavy (non-hydrogen) atoms. The fraction of sp³-hybridized carbons (Fsp3) is 0.538. The van der Waals surface area contributed by atoms with Gasteiger partial charge in [0.25, 0.3) is 0 Å². The number of likely N-dealkylation sites (N-methyl/N-ethyl adjacent to an activating group) is 1. The number of aliphatic hydroxyl groups excluding tert-OH is 1. The first-order chi connectivity index (χ1) is 9.45. The summed E-state index contributed by atoms with van der Waals surface area (Å²) in [7, 11) is -2.00. The first kappa shape index (κ1) is 15.9. The maximum absolute atomic E-state index is 12.5. The highest BCUT2D eigenvalue weighted by Gasteiger charge is 2.27. The highest BCUT2D eigenvalue weighted by atomic mass is 79.9. The smallest absolute Gasteiger partial charge is 0.244 e. The molecule has 1 fully saturated rings. The van der Waals surface area contributed by atoms with E-state index in [1.54, 1.807) is 19.2 Å². The summed E-state index contributed by atoms with van der Waals surface area (Å²) < 4.78 is 32.3. The molecular weight excluding hydrogens is 346 g/mol. The van der Waals surface area contributed by atoms with Crippen LogP contribution in [0.2, 0.25) is 0 Å². The van der Waals surface area contributed by atoms with E-state index in [1.807, 2.05) is 0 Å². The number of nitrogens with zero attached hydrogens (tertiary/aromatic N) is 1. The van der Waals surface area contributed by atoms with Crippen molar-refractivity contribution < 1.29 is 18.3 Å². The molecule has 0 radical (unpaired) electrons. The Morgan fingerprint density at radius 2 is 2.25 bits per heavy atom. The van der Waals surface area contributed by atoms with Gasteiger partial charge in [0, 0.05) is 24.7 Å². The molecule has 5 nitrogen and oxygen atoms in total. The number of benzene rings is 1. The zero-order chi connectivity index (χ0) is 14.8. The Labute approximate surface area is 127 Å². The Bertz CT molecular complexity index is 570. The van der Waals surface area contributed by atoms with Crippen molar-refractivity contribution in [3.05, 3.63) is 28.2 Å². The molecule has 1 aliphatic heterocycles. The second-order valence-electron chi connectivity index (χ2n) is 4.84. The molecule has 0 aliphatic carbocycles. The van der Waals surface area contributed by atoms with Gasteiger partial charge in [-0.2, -0.15) is 4.31 Å². The summed E-state index contributed by atoms with van der Waals surface area (Å²) in [5, 5.41) is 9.06.